The van der Waals surface area contributed by atoms with Gasteiger partial charge in [0.25, 0.3) is 11.5 Å². The summed E-state index contributed by atoms with van der Waals surface area (Å²) in [4.78, 5) is 36.0. The number of benzene rings is 2. The van der Waals surface area contributed by atoms with Gasteiger partial charge in [0.1, 0.15) is 5.82 Å². The number of ether oxygens (including phenoxy) is 1. The summed E-state index contributed by atoms with van der Waals surface area (Å²) in [6, 6.07) is 11.7. The third-order valence-electron chi connectivity index (χ3n) is 5.57. The maximum atomic E-state index is 15.0. The normalized spacial score (nSPS) is 13.7. The average Bonchev–Trinajstić information content (AvgIpc) is 3.24. The Kier molecular flexibility index (Phi) is 8.48. The van der Waals surface area contributed by atoms with Gasteiger partial charge >= 0.3 is 5.97 Å². The molecule has 1 aromatic heterocycles. The third kappa shape index (κ3) is 6.80. The number of H-pyrrole nitrogens is 1. The number of rotatable bonds is 11. The van der Waals surface area contributed by atoms with Crippen molar-refractivity contribution in [1.82, 2.24) is 10.5 Å². The lowest BCUT2D eigenvalue weighted by Gasteiger charge is -2.30. The lowest BCUT2D eigenvalue weighted by Crippen LogP contribution is -2.44. The van der Waals surface area contributed by atoms with Gasteiger partial charge in [-0.05, 0) is 56.0 Å². The fraction of sp³-hybridized carbons (Fsp3) is 0.320. The molecular formula is C25H26ClFN2O6. The van der Waals surface area contributed by atoms with E-state index in [9.17, 15) is 23.9 Å². The highest BCUT2D eigenvalue weighted by Gasteiger charge is 2.37. The molecule has 0 saturated heterocycles. The molecule has 0 aliphatic rings. The first-order chi connectivity index (χ1) is 16.6. The number of carboxylic acids is 1. The highest BCUT2D eigenvalue weighted by atomic mass is 35.5. The van der Waals surface area contributed by atoms with E-state index in [0.717, 1.165) is 6.07 Å². The second-order valence-corrected chi connectivity index (χ2v) is 8.92. The number of halogens is 2. The van der Waals surface area contributed by atoms with Crippen LogP contribution in [0.2, 0.25) is 5.02 Å². The Balaban J connectivity index is 1.87. The van der Waals surface area contributed by atoms with Gasteiger partial charge in [0.15, 0.2) is 0 Å². The van der Waals surface area contributed by atoms with E-state index in [1.54, 1.807) is 43.3 Å². The van der Waals surface area contributed by atoms with Gasteiger partial charge in [-0.25, -0.2) is 4.39 Å². The number of aliphatic carboxylic acids is 1. The molecule has 0 aliphatic heterocycles. The Morgan fingerprint density at radius 1 is 1.26 bits per heavy atom. The summed E-state index contributed by atoms with van der Waals surface area (Å²) in [5.74, 6) is -2.53. The molecule has 10 heteroatoms. The summed E-state index contributed by atoms with van der Waals surface area (Å²) in [6.07, 6.45) is 0.114. The van der Waals surface area contributed by atoms with Crippen molar-refractivity contribution in [3.63, 3.8) is 0 Å². The Morgan fingerprint density at radius 2 is 2.03 bits per heavy atom. The first kappa shape index (κ1) is 26.2. The van der Waals surface area contributed by atoms with Crippen LogP contribution < -0.4 is 10.9 Å². The molecule has 1 amide bonds. The molecule has 2 aromatic carbocycles. The molecule has 0 fully saturated rings. The van der Waals surface area contributed by atoms with Crippen LogP contribution in [0.4, 0.5) is 4.39 Å². The molecule has 0 bridgehead atoms. The standard InChI is InChI=1S/C25H26ClFN2O6/c1-3-34-14-25(2,24(32)33)13-18(28-23(31)21-12-22(30)29-35-21)9-15-7-8-19(20(27)10-15)16-5-4-6-17(26)11-16/h4-8,10-12,18H,3,9,13-14H2,1-2H3,(H,28,31)(H,29,30)(H,32,33)/t18-,25+/m1/s1. The highest BCUT2D eigenvalue weighted by molar-refractivity contribution is 6.30. The van der Waals surface area contributed by atoms with Crippen LogP contribution in [0, 0.1) is 11.2 Å². The van der Waals surface area contributed by atoms with E-state index < -0.39 is 34.7 Å². The van der Waals surface area contributed by atoms with Crippen LogP contribution in [0.3, 0.4) is 0 Å². The van der Waals surface area contributed by atoms with E-state index >= 15 is 0 Å². The lowest BCUT2D eigenvalue weighted by atomic mass is 9.82. The largest absolute Gasteiger partial charge is 0.481 e. The second kappa shape index (κ2) is 11.3. The van der Waals surface area contributed by atoms with Crippen molar-refractivity contribution in [2.75, 3.05) is 13.2 Å². The Bertz CT molecular complexity index is 1260. The predicted molar refractivity (Wildman–Crippen MR) is 128 cm³/mol. The molecule has 3 N–H and O–H groups in total. The summed E-state index contributed by atoms with van der Waals surface area (Å²) in [7, 11) is 0. The van der Waals surface area contributed by atoms with Crippen molar-refractivity contribution in [2.45, 2.75) is 32.7 Å². The molecule has 3 rings (SSSR count). The van der Waals surface area contributed by atoms with Gasteiger partial charge < -0.3 is 19.7 Å². The van der Waals surface area contributed by atoms with Crippen molar-refractivity contribution in [1.29, 1.82) is 0 Å². The number of carbonyl (C=O) groups excluding carboxylic acids is 1. The summed E-state index contributed by atoms with van der Waals surface area (Å²) >= 11 is 6.02. The minimum absolute atomic E-state index is 0.0135. The van der Waals surface area contributed by atoms with Crippen LogP contribution in [0.15, 0.2) is 57.8 Å². The number of carbonyl (C=O) groups is 2. The molecule has 2 atom stereocenters. The zero-order chi connectivity index (χ0) is 25.6. The smallest absolute Gasteiger partial charge is 0.311 e. The number of aromatic nitrogens is 1. The molecular weight excluding hydrogens is 479 g/mol. The number of aromatic amines is 1. The average molecular weight is 505 g/mol. The number of hydrogen-bond acceptors (Lipinski definition) is 5. The van der Waals surface area contributed by atoms with Gasteiger partial charge in [0.2, 0.25) is 5.76 Å². The number of amides is 1. The minimum Gasteiger partial charge on any atom is -0.481 e. The van der Waals surface area contributed by atoms with Crippen LogP contribution in [-0.4, -0.2) is 41.4 Å². The van der Waals surface area contributed by atoms with E-state index in [4.69, 9.17) is 20.9 Å². The quantitative estimate of drug-likeness (QED) is 0.358. The maximum Gasteiger partial charge on any atom is 0.311 e. The van der Waals surface area contributed by atoms with Crippen LogP contribution >= 0.6 is 11.6 Å². The van der Waals surface area contributed by atoms with Crippen molar-refractivity contribution < 1.29 is 28.3 Å². The van der Waals surface area contributed by atoms with Gasteiger partial charge in [-0.1, -0.05) is 35.9 Å². The SMILES string of the molecule is CCOC[C@](C)(C[C@@H](Cc1ccc(-c2cccc(Cl)c2)c(F)c1)NC(=O)c1cc(=O)[nH]o1)C(=O)O. The van der Waals surface area contributed by atoms with Crippen LogP contribution in [-0.2, 0) is 16.0 Å². The molecule has 0 unspecified atom stereocenters. The molecule has 186 valence electrons. The minimum atomic E-state index is -1.33. The molecule has 3 aromatic rings. The zero-order valence-electron chi connectivity index (χ0n) is 19.3. The topological polar surface area (TPSA) is 122 Å². The Morgan fingerprint density at radius 3 is 2.63 bits per heavy atom. The monoisotopic (exact) mass is 504 g/mol. The van der Waals surface area contributed by atoms with E-state index in [0.29, 0.717) is 28.3 Å². The summed E-state index contributed by atoms with van der Waals surface area (Å²) in [6.45, 7) is 3.51. The van der Waals surface area contributed by atoms with Crippen LogP contribution in [0.25, 0.3) is 11.1 Å². The third-order valence-corrected chi connectivity index (χ3v) is 5.81. The summed E-state index contributed by atoms with van der Waals surface area (Å²) < 4.78 is 25.2. The van der Waals surface area contributed by atoms with Crippen molar-refractivity contribution >= 4 is 23.5 Å². The fourth-order valence-electron chi connectivity index (χ4n) is 3.77. The van der Waals surface area contributed by atoms with Gasteiger partial charge in [-0.15, -0.1) is 0 Å². The van der Waals surface area contributed by atoms with E-state index in [1.165, 1.54) is 13.0 Å². The summed E-state index contributed by atoms with van der Waals surface area (Å²) in [5.41, 5.74) is -0.399. The van der Waals surface area contributed by atoms with Gasteiger partial charge in [-0.2, -0.15) is 5.16 Å². The molecule has 1 heterocycles. The molecule has 8 nitrogen and oxygen atoms in total. The molecule has 0 spiro atoms. The van der Waals surface area contributed by atoms with E-state index in [1.807, 2.05) is 5.16 Å². The Hall–Kier alpha value is -3.43. The van der Waals surface area contributed by atoms with Crippen LogP contribution in [0.5, 0.6) is 0 Å². The van der Waals surface area contributed by atoms with Gasteiger partial charge in [0, 0.05) is 23.2 Å². The maximum absolute atomic E-state index is 15.0. The Labute approximate surface area is 206 Å². The van der Waals surface area contributed by atoms with Crippen molar-refractivity contribution in [3.05, 3.63) is 81.0 Å². The first-order valence-corrected chi connectivity index (χ1v) is 11.3. The van der Waals surface area contributed by atoms with E-state index in [-0.39, 0.29) is 25.2 Å². The molecule has 0 aliphatic carbocycles. The number of nitrogens with one attached hydrogen (secondary N) is 2. The fourth-order valence-corrected chi connectivity index (χ4v) is 3.96. The highest BCUT2D eigenvalue weighted by Crippen LogP contribution is 2.29. The lowest BCUT2D eigenvalue weighted by molar-refractivity contribution is -0.152. The summed E-state index contributed by atoms with van der Waals surface area (Å²) in [5, 5.41) is 15.0. The van der Waals surface area contributed by atoms with Crippen molar-refractivity contribution in [2.24, 2.45) is 5.41 Å². The molecule has 0 radical (unpaired) electrons. The van der Waals surface area contributed by atoms with E-state index in [2.05, 4.69) is 5.32 Å². The van der Waals surface area contributed by atoms with Crippen molar-refractivity contribution in [3.8, 4) is 11.1 Å². The number of carboxylic acid groups (broad SMARTS) is 1. The van der Waals surface area contributed by atoms with Gasteiger partial charge in [-0.3, -0.25) is 14.4 Å². The predicted octanol–water partition coefficient (Wildman–Crippen LogP) is 4.29. The van der Waals surface area contributed by atoms with Crippen LogP contribution in [0.1, 0.15) is 36.4 Å². The number of hydrogen-bond donors (Lipinski definition) is 3. The zero-order valence-corrected chi connectivity index (χ0v) is 20.0. The molecule has 0 saturated carbocycles. The second-order valence-electron chi connectivity index (χ2n) is 8.48. The first-order valence-electron chi connectivity index (χ1n) is 11.0. The molecule has 35 heavy (non-hydrogen) atoms. The van der Waals surface area contributed by atoms with Gasteiger partial charge in [0.05, 0.1) is 18.1 Å².